The Kier molecular flexibility index (Phi) is 7.69. The summed E-state index contributed by atoms with van der Waals surface area (Å²) >= 11 is 0. The van der Waals surface area contributed by atoms with Crippen LogP contribution >= 0.6 is 0 Å². The van der Waals surface area contributed by atoms with Crippen molar-refractivity contribution in [2.24, 2.45) is 0 Å². The zero-order chi connectivity index (χ0) is 26.5. The minimum atomic E-state index is -8.06. The predicted molar refractivity (Wildman–Crippen MR) is 80.9 cm³/mol. The molecule has 1 rings (SSSR count). The lowest BCUT2D eigenvalue weighted by Crippen LogP contribution is -2.70. The number of methoxy groups -OCH3 is 1. The van der Waals surface area contributed by atoms with Crippen LogP contribution in [0.15, 0.2) is 0 Å². The van der Waals surface area contributed by atoms with Crippen LogP contribution in [0.5, 0.6) is 0 Å². The van der Waals surface area contributed by atoms with Gasteiger partial charge in [0.1, 0.15) is 6.04 Å². The molecule has 0 aromatic heterocycles. The highest BCUT2D eigenvalue weighted by molar-refractivity contribution is 7.89. The van der Waals surface area contributed by atoms with Gasteiger partial charge in [0.15, 0.2) is 0 Å². The molecule has 0 aromatic rings. The number of carbonyl (C=O) groups excluding carboxylic acids is 1. The highest BCUT2D eigenvalue weighted by Gasteiger charge is 2.90. The van der Waals surface area contributed by atoms with Crippen LogP contribution in [-0.4, -0.2) is 79.9 Å². The second-order valence-corrected chi connectivity index (χ2v) is 8.90. The molecule has 0 bridgehead atoms. The highest BCUT2D eigenvalue weighted by Crippen LogP contribution is 2.60. The second-order valence-electron chi connectivity index (χ2n) is 6.86. The van der Waals surface area contributed by atoms with Gasteiger partial charge < -0.3 is 4.74 Å². The van der Waals surface area contributed by atoms with Gasteiger partial charge in [0.05, 0.1) is 12.9 Å². The molecule has 5 nitrogen and oxygen atoms in total. The fraction of sp³-hybridized carbons (Fsp3) is 0.929. The summed E-state index contributed by atoms with van der Waals surface area (Å²) in [6.45, 7) is -0.532. The Balaban J connectivity index is 3.24. The first-order valence-corrected chi connectivity index (χ1v) is 10.1. The summed E-state index contributed by atoms with van der Waals surface area (Å²) in [6, 6.07) is -1.61. The van der Waals surface area contributed by atoms with Gasteiger partial charge in [-0.2, -0.15) is 61.4 Å². The summed E-state index contributed by atoms with van der Waals surface area (Å²) in [6.07, 6.45) is -10.7. The van der Waals surface area contributed by atoms with Crippen molar-refractivity contribution in [1.29, 1.82) is 0 Å². The van der Waals surface area contributed by atoms with Crippen LogP contribution in [0.25, 0.3) is 0 Å². The van der Waals surface area contributed by atoms with Crippen LogP contribution in [-0.2, 0) is 19.6 Å². The van der Waals surface area contributed by atoms with E-state index in [0.717, 1.165) is 7.11 Å². The summed E-state index contributed by atoms with van der Waals surface area (Å²) in [5.74, 6) is -41.4. The maximum absolute atomic E-state index is 13.8. The van der Waals surface area contributed by atoms with E-state index in [1.165, 1.54) is 0 Å². The van der Waals surface area contributed by atoms with Crippen molar-refractivity contribution in [3.63, 3.8) is 0 Å². The average Bonchev–Trinajstić information content (AvgIpc) is 3.15. The van der Waals surface area contributed by atoms with Gasteiger partial charge >= 0.3 is 41.8 Å². The monoisotopic (exact) mass is 539 g/mol. The number of esters is 1. The third-order valence-corrected chi connectivity index (χ3v) is 6.58. The molecule has 1 fully saturated rings. The van der Waals surface area contributed by atoms with E-state index in [-0.39, 0.29) is 17.1 Å². The topological polar surface area (TPSA) is 63.7 Å². The molecule has 1 aliphatic rings. The van der Waals surface area contributed by atoms with Crippen LogP contribution < -0.4 is 0 Å². The maximum Gasteiger partial charge on any atom is 0.460 e. The molecule has 0 aromatic carbocycles. The highest BCUT2D eigenvalue weighted by atomic mass is 32.2. The molecule has 0 saturated carbocycles. The van der Waals surface area contributed by atoms with Gasteiger partial charge in [0, 0.05) is 13.0 Å². The van der Waals surface area contributed by atoms with Gasteiger partial charge in [-0.25, -0.2) is 8.42 Å². The Labute approximate surface area is 176 Å². The van der Waals surface area contributed by atoms with E-state index in [0.29, 0.717) is 0 Å². The first-order valence-electron chi connectivity index (χ1n) is 8.45. The Bertz CT molecular complexity index is 841. The van der Waals surface area contributed by atoms with Gasteiger partial charge in [0.25, 0.3) is 0 Å². The van der Waals surface area contributed by atoms with Gasteiger partial charge in [-0.1, -0.05) is 0 Å². The van der Waals surface area contributed by atoms with Crippen molar-refractivity contribution < 1.29 is 75.0 Å². The fourth-order valence-corrected chi connectivity index (χ4v) is 4.51. The molecular weight excluding hydrogens is 525 g/mol. The molecular formula is C14H14F13NO4S. The van der Waals surface area contributed by atoms with E-state index < -0.39 is 76.5 Å². The first kappa shape index (κ1) is 29.5. The van der Waals surface area contributed by atoms with E-state index >= 15 is 0 Å². The quantitative estimate of drug-likeness (QED) is 0.328. The molecule has 1 saturated heterocycles. The molecule has 0 spiro atoms. The normalized spacial score (nSPS) is 20.2. The molecule has 33 heavy (non-hydrogen) atoms. The SMILES string of the molecule is COC(=O)[C@@H]1CCCN1S(=O)(=O)CCC(F)(F)C(F)(F)C(F)(F)C(F)(F)C(F)(F)C(F)(F)F. The summed E-state index contributed by atoms with van der Waals surface area (Å²) in [5, 5.41) is 0. The predicted octanol–water partition coefficient (Wildman–Crippen LogP) is 4.08. The molecule has 0 N–H and O–H groups in total. The van der Waals surface area contributed by atoms with Crippen LogP contribution in [0.4, 0.5) is 57.1 Å². The van der Waals surface area contributed by atoms with Crippen LogP contribution in [0, 0.1) is 0 Å². The minimum absolute atomic E-state index is 0.0532. The van der Waals surface area contributed by atoms with Crippen molar-refractivity contribution in [3.05, 3.63) is 0 Å². The van der Waals surface area contributed by atoms with E-state index in [9.17, 15) is 70.3 Å². The molecule has 0 radical (unpaired) electrons. The van der Waals surface area contributed by atoms with Crippen LogP contribution in [0.1, 0.15) is 19.3 Å². The molecule has 1 aliphatic heterocycles. The largest absolute Gasteiger partial charge is 0.468 e. The van der Waals surface area contributed by atoms with E-state index in [1.54, 1.807) is 0 Å². The Morgan fingerprint density at radius 3 is 1.73 bits per heavy atom. The summed E-state index contributed by atoms with van der Waals surface area (Å²) in [4.78, 5) is 11.5. The number of carbonyl (C=O) groups is 1. The lowest BCUT2D eigenvalue weighted by Gasteiger charge is -2.39. The van der Waals surface area contributed by atoms with Gasteiger partial charge in [-0.15, -0.1) is 0 Å². The number of hydrogen-bond acceptors (Lipinski definition) is 4. The lowest BCUT2D eigenvalue weighted by molar-refractivity contribution is -0.439. The zero-order valence-electron chi connectivity index (χ0n) is 16.0. The molecule has 0 aliphatic carbocycles. The number of halogens is 13. The number of sulfonamides is 1. The third-order valence-electron chi connectivity index (χ3n) is 4.71. The zero-order valence-corrected chi connectivity index (χ0v) is 16.8. The Hall–Kier alpha value is -1.53. The van der Waals surface area contributed by atoms with Crippen molar-refractivity contribution in [2.45, 2.75) is 61.1 Å². The molecule has 1 heterocycles. The number of nitrogens with zero attached hydrogens (tertiary/aromatic N) is 1. The minimum Gasteiger partial charge on any atom is -0.468 e. The number of ether oxygens (including phenoxy) is 1. The van der Waals surface area contributed by atoms with Crippen molar-refractivity contribution in [2.75, 3.05) is 19.4 Å². The van der Waals surface area contributed by atoms with E-state index in [4.69, 9.17) is 0 Å². The maximum atomic E-state index is 13.8. The van der Waals surface area contributed by atoms with Crippen LogP contribution in [0.3, 0.4) is 0 Å². The van der Waals surface area contributed by atoms with Crippen LogP contribution in [0.2, 0.25) is 0 Å². The Morgan fingerprint density at radius 1 is 0.848 bits per heavy atom. The van der Waals surface area contributed by atoms with Crippen molar-refractivity contribution in [3.8, 4) is 0 Å². The first-order chi connectivity index (χ1) is 14.4. The summed E-state index contributed by atoms with van der Waals surface area (Å²) in [5.41, 5.74) is 0. The molecule has 19 heteroatoms. The Morgan fingerprint density at radius 2 is 1.30 bits per heavy atom. The number of rotatable bonds is 9. The van der Waals surface area contributed by atoms with Crippen molar-refractivity contribution in [1.82, 2.24) is 4.31 Å². The van der Waals surface area contributed by atoms with E-state index in [2.05, 4.69) is 4.74 Å². The van der Waals surface area contributed by atoms with Crippen molar-refractivity contribution >= 4 is 16.0 Å². The number of hydrogen-bond donors (Lipinski definition) is 0. The molecule has 1 atom stereocenters. The molecule has 0 amide bonds. The fourth-order valence-electron chi connectivity index (χ4n) is 2.78. The average molecular weight is 539 g/mol. The standard InChI is InChI=1S/C14H14F13NO4S/c1-32-8(29)7-3-2-5-28(7)33(30,31)6-4-9(15,16)10(17,18)11(19,20)12(21,22)13(23,24)14(25,26)27/h7H,2-6H2,1H3/t7-/m0/s1. The molecule has 196 valence electrons. The summed E-state index contributed by atoms with van der Waals surface area (Å²) < 4.78 is 198. The van der Waals surface area contributed by atoms with Gasteiger partial charge in [-0.3, -0.25) is 4.79 Å². The van der Waals surface area contributed by atoms with E-state index in [1.807, 2.05) is 0 Å². The van der Waals surface area contributed by atoms with Gasteiger partial charge in [-0.05, 0) is 12.8 Å². The second kappa shape index (κ2) is 8.60. The molecule has 0 unspecified atom stereocenters. The smallest absolute Gasteiger partial charge is 0.460 e. The summed E-state index contributed by atoms with van der Waals surface area (Å²) in [7, 11) is -4.33. The third kappa shape index (κ3) is 4.70. The number of alkyl halides is 13. The lowest BCUT2D eigenvalue weighted by atomic mass is 9.93. The van der Waals surface area contributed by atoms with Gasteiger partial charge in [0.2, 0.25) is 10.0 Å².